The standard InChI is InChI=1S/C34H41N5OS2/c1-22-9-11-27(24-10-12-31-32(17-24)42-23(2)36-31)28-20-39(16-13-30(28)35-22)33(40)37-26-7-6-15-38(19-26)18-25-21-41-34(3)14-5-4-8-29(25)34/h4-5,8,10,12,14,17,21-22,26,29H,6-7,9,11,13,15-16,18-20H2,1-3H3,(H,37,40). The molecular weight excluding hydrogens is 559 g/mol. The molecule has 1 N–H and O–H groups in total. The first-order valence-corrected chi connectivity index (χ1v) is 17.2. The van der Waals surface area contributed by atoms with E-state index in [1.807, 2.05) is 16.7 Å². The van der Waals surface area contributed by atoms with E-state index < -0.39 is 0 Å². The first-order valence-electron chi connectivity index (χ1n) is 15.5. The topological polar surface area (TPSA) is 60.8 Å². The summed E-state index contributed by atoms with van der Waals surface area (Å²) in [6.07, 6.45) is 14.1. The Balaban J connectivity index is 1.04. The Labute approximate surface area is 257 Å². The highest BCUT2D eigenvalue weighted by molar-refractivity contribution is 8.03. The molecule has 1 aliphatic carbocycles. The lowest BCUT2D eigenvalue weighted by Crippen LogP contribution is -2.53. The summed E-state index contributed by atoms with van der Waals surface area (Å²) in [7, 11) is 0. The molecule has 42 heavy (non-hydrogen) atoms. The molecule has 7 rings (SSSR count). The van der Waals surface area contributed by atoms with Gasteiger partial charge in [-0.25, -0.2) is 9.78 Å². The number of thioether (sulfide) groups is 1. The zero-order valence-electron chi connectivity index (χ0n) is 24.9. The Morgan fingerprint density at radius 1 is 1.17 bits per heavy atom. The van der Waals surface area contributed by atoms with Crippen LogP contribution in [-0.4, -0.2) is 76.1 Å². The van der Waals surface area contributed by atoms with Crippen molar-refractivity contribution >= 4 is 50.6 Å². The van der Waals surface area contributed by atoms with Crippen LogP contribution in [0.15, 0.2) is 64.0 Å². The van der Waals surface area contributed by atoms with Gasteiger partial charge in [-0.15, -0.1) is 23.1 Å². The van der Waals surface area contributed by atoms with Gasteiger partial charge >= 0.3 is 6.03 Å². The predicted octanol–water partition coefficient (Wildman–Crippen LogP) is 6.99. The predicted molar refractivity (Wildman–Crippen MR) is 177 cm³/mol. The number of hydrogen-bond acceptors (Lipinski definition) is 6. The second-order valence-electron chi connectivity index (χ2n) is 12.7. The van der Waals surface area contributed by atoms with Gasteiger partial charge in [-0.3, -0.25) is 9.89 Å². The molecule has 6 nitrogen and oxygen atoms in total. The lowest BCUT2D eigenvalue weighted by atomic mass is 9.83. The number of rotatable bonds is 4. The monoisotopic (exact) mass is 599 g/mol. The lowest BCUT2D eigenvalue weighted by Gasteiger charge is -2.37. The number of amides is 2. The minimum absolute atomic E-state index is 0.0714. The van der Waals surface area contributed by atoms with Gasteiger partial charge in [0.1, 0.15) is 0 Å². The zero-order chi connectivity index (χ0) is 28.8. The van der Waals surface area contributed by atoms with Crippen LogP contribution < -0.4 is 5.32 Å². The van der Waals surface area contributed by atoms with E-state index in [-0.39, 0.29) is 16.8 Å². The van der Waals surface area contributed by atoms with E-state index in [4.69, 9.17) is 4.99 Å². The normalized spacial score (nSPS) is 29.7. The molecule has 4 aliphatic heterocycles. The summed E-state index contributed by atoms with van der Waals surface area (Å²) in [5, 5.41) is 6.91. The molecule has 2 saturated heterocycles. The number of fused-ring (bicyclic) bond motifs is 3. The SMILES string of the molecule is Cc1nc2ccc(C3=C4CN(C(=O)NC5CCCN(CC6=CSC7(C)C=CC=CC67)C5)CCC4=NC(C)CC3)cc2s1. The van der Waals surface area contributed by atoms with Crippen LogP contribution in [0.1, 0.15) is 56.5 Å². The Morgan fingerprint density at radius 3 is 2.98 bits per heavy atom. The molecule has 220 valence electrons. The molecule has 2 amide bonds. The van der Waals surface area contributed by atoms with Crippen molar-refractivity contribution in [2.45, 2.75) is 69.7 Å². The highest BCUT2D eigenvalue weighted by Gasteiger charge is 2.39. The second-order valence-corrected chi connectivity index (χ2v) is 15.3. The van der Waals surface area contributed by atoms with E-state index in [2.05, 4.69) is 83.9 Å². The molecular formula is C34H41N5OS2. The van der Waals surface area contributed by atoms with Crippen molar-refractivity contribution in [2.24, 2.45) is 10.9 Å². The second kappa shape index (κ2) is 11.4. The Bertz CT molecular complexity index is 1550. The van der Waals surface area contributed by atoms with Gasteiger partial charge in [-0.05, 0) is 92.8 Å². The summed E-state index contributed by atoms with van der Waals surface area (Å²) >= 11 is 3.70. The largest absolute Gasteiger partial charge is 0.334 e. The number of nitrogens with one attached hydrogen (secondary N) is 1. The first kappa shape index (κ1) is 28.1. The van der Waals surface area contributed by atoms with Crippen LogP contribution in [0.25, 0.3) is 15.8 Å². The quantitative estimate of drug-likeness (QED) is 0.412. The number of aryl methyl sites for hydroxylation is 1. The molecule has 2 aromatic rings. The number of likely N-dealkylation sites (tertiary alicyclic amines) is 2. The minimum Gasteiger partial charge on any atom is -0.334 e. The minimum atomic E-state index is 0.0714. The highest BCUT2D eigenvalue weighted by atomic mass is 32.2. The Morgan fingerprint density at radius 2 is 2.07 bits per heavy atom. The van der Waals surface area contributed by atoms with Gasteiger partial charge in [-0.1, -0.05) is 30.4 Å². The third-order valence-electron chi connectivity index (χ3n) is 9.56. The molecule has 0 spiro atoms. The molecule has 5 aliphatic rings. The lowest BCUT2D eigenvalue weighted by molar-refractivity contribution is 0.173. The molecule has 1 aromatic heterocycles. The molecule has 4 unspecified atom stereocenters. The maximum atomic E-state index is 13.7. The molecule has 0 bridgehead atoms. The van der Waals surface area contributed by atoms with Crippen LogP contribution in [0, 0.1) is 12.8 Å². The maximum Gasteiger partial charge on any atom is 0.317 e. The van der Waals surface area contributed by atoms with E-state index in [1.165, 1.54) is 32.7 Å². The first-order chi connectivity index (χ1) is 20.3. The molecule has 0 radical (unpaired) electrons. The summed E-state index contributed by atoms with van der Waals surface area (Å²) in [6.45, 7) is 11.0. The smallest absolute Gasteiger partial charge is 0.317 e. The number of urea groups is 1. The van der Waals surface area contributed by atoms with Crippen LogP contribution in [-0.2, 0) is 0 Å². The molecule has 8 heteroatoms. The number of allylic oxidation sites excluding steroid dienone is 4. The number of piperidine rings is 2. The van der Waals surface area contributed by atoms with Crippen molar-refractivity contribution in [3.8, 4) is 0 Å². The number of benzene rings is 1. The summed E-state index contributed by atoms with van der Waals surface area (Å²) in [5.41, 5.74) is 7.64. The number of nitrogens with zero attached hydrogens (tertiary/aromatic N) is 4. The average molecular weight is 600 g/mol. The van der Waals surface area contributed by atoms with E-state index in [1.54, 1.807) is 11.3 Å². The summed E-state index contributed by atoms with van der Waals surface area (Å²) in [5.74, 6) is 0.470. The molecule has 0 saturated carbocycles. The van der Waals surface area contributed by atoms with Crippen molar-refractivity contribution < 1.29 is 4.79 Å². The third kappa shape index (κ3) is 5.53. The van der Waals surface area contributed by atoms with E-state index in [0.29, 0.717) is 18.5 Å². The van der Waals surface area contributed by atoms with E-state index in [0.717, 1.165) is 68.8 Å². The summed E-state index contributed by atoms with van der Waals surface area (Å²) in [6, 6.07) is 7.23. The van der Waals surface area contributed by atoms with Gasteiger partial charge in [0.15, 0.2) is 0 Å². The number of aliphatic imine (C=N–C) groups is 1. The maximum absolute atomic E-state index is 13.7. The number of carbonyl (C=O) groups is 1. The van der Waals surface area contributed by atoms with E-state index >= 15 is 0 Å². The van der Waals surface area contributed by atoms with Crippen molar-refractivity contribution in [3.63, 3.8) is 0 Å². The Kier molecular flexibility index (Phi) is 7.65. The highest BCUT2D eigenvalue weighted by Crippen LogP contribution is 2.48. The van der Waals surface area contributed by atoms with Gasteiger partial charge in [0.25, 0.3) is 0 Å². The van der Waals surface area contributed by atoms with Gasteiger partial charge in [0, 0.05) is 61.1 Å². The fourth-order valence-corrected chi connectivity index (χ4v) is 9.32. The molecule has 2 fully saturated rings. The third-order valence-corrected chi connectivity index (χ3v) is 11.8. The average Bonchev–Trinajstić information content (AvgIpc) is 3.46. The fraction of sp³-hybridized carbons (Fsp3) is 0.500. The number of aromatic nitrogens is 1. The molecule has 1 aromatic carbocycles. The van der Waals surface area contributed by atoms with E-state index in [9.17, 15) is 4.79 Å². The summed E-state index contributed by atoms with van der Waals surface area (Å²) < 4.78 is 1.38. The molecule has 5 heterocycles. The van der Waals surface area contributed by atoms with Crippen LogP contribution in [0.5, 0.6) is 0 Å². The van der Waals surface area contributed by atoms with Crippen molar-refractivity contribution in [1.82, 2.24) is 20.1 Å². The number of thiazole rings is 1. The van der Waals surface area contributed by atoms with Crippen LogP contribution in [0.2, 0.25) is 0 Å². The van der Waals surface area contributed by atoms with Crippen molar-refractivity contribution in [1.29, 1.82) is 0 Å². The number of carbonyl (C=O) groups excluding carboxylic acids is 1. The van der Waals surface area contributed by atoms with Gasteiger partial charge in [0.2, 0.25) is 0 Å². The number of hydrogen-bond donors (Lipinski definition) is 1. The molecule has 4 atom stereocenters. The van der Waals surface area contributed by atoms with Crippen LogP contribution in [0.3, 0.4) is 0 Å². The fourth-order valence-electron chi connectivity index (χ4n) is 7.29. The summed E-state index contributed by atoms with van der Waals surface area (Å²) in [4.78, 5) is 28.0. The van der Waals surface area contributed by atoms with Gasteiger partial charge in [-0.2, -0.15) is 0 Å². The van der Waals surface area contributed by atoms with Crippen LogP contribution in [0.4, 0.5) is 4.79 Å². The van der Waals surface area contributed by atoms with Gasteiger partial charge in [0.05, 0.1) is 15.2 Å². The van der Waals surface area contributed by atoms with Crippen LogP contribution >= 0.6 is 23.1 Å². The Hall–Kier alpha value is -2.68. The van der Waals surface area contributed by atoms with Crippen molar-refractivity contribution in [2.75, 3.05) is 32.7 Å². The van der Waals surface area contributed by atoms with Gasteiger partial charge < -0.3 is 10.2 Å². The zero-order valence-corrected chi connectivity index (χ0v) is 26.6. The van der Waals surface area contributed by atoms with Crippen molar-refractivity contribution in [3.05, 3.63) is 69.6 Å².